The molecule has 0 radical (unpaired) electrons. The minimum atomic E-state index is -4.13. The molecule has 0 bridgehead atoms. The number of aromatic nitrogens is 2. The van der Waals surface area contributed by atoms with Gasteiger partial charge in [-0.25, -0.2) is 4.57 Å². The Labute approximate surface area is 72.4 Å². The summed E-state index contributed by atoms with van der Waals surface area (Å²) in [6.45, 7) is 1.34. The zero-order chi connectivity index (χ0) is 10.2. The van der Waals surface area contributed by atoms with Crippen LogP contribution in [0.1, 0.15) is 5.82 Å². The van der Waals surface area contributed by atoms with Crippen LogP contribution in [0, 0.1) is 6.92 Å². The van der Waals surface area contributed by atoms with Crippen molar-refractivity contribution in [1.82, 2.24) is 4.57 Å². The number of alkyl halides is 4. The molecule has 0 N–H and O–H groups in total. The monoisotopic (exact) mass is 197 g/mol. The van der Waals surface area contributed by atoms with Crippen LogP contribution in [0.25, 0.3) is 0 Å². The van der Waals surface area contributed by atoms with Gasteiger partial charge in [0.05, 0.1) is 7.05 Å². The molecule has 0 aromatic carbocycles. The predicted octanol–water partition coefficient (Wildman–Crippen LogP) is 1.44. The first kappa shape index (κ1) is 10.0. The van der Waals surface area contributed by atoms with Gasteiger partial charge in [-0.05, 0) is 0 Å². The Morgan fingerprint density at radius 1 is 1.46 bits per heavy atom. The number of halogens is 4. The Kier molecular flexibility index (Phi) is 2.32. The minimum Gasteiger partial charge on any atom is -0.237 e. The molecule has 74 valence electrons. The van der Waals surface area contributed by atoms with E-state index in [1.807, 2.05) is 0 Å². The first-order chi connectivity index (χ1) is 5.87. The summed E-state index contributed by atoms with van der Waals surface area (Å²) in [5.41, 5.74) is 0. The third-order valence-corrected chi connectivity index (χ3v) is 1.88. The van der Waals surface area contributed by atoms with Crippen LogP contribution in [0.15, 0.2) is 12.4 Å². The third-order valence-electron chi connectivity index (χ3n) is 1.88. The van der Waals surface area contributed by atoms with Gasteiger partial charge in [0.15, 0.2) is 0 Å². The summed E-state index contributed by atoms with van der Waals surface area (Å²) in [4.78, 5) is 0. The Morgan fingerprint density at radius 2 is 2.00 bits per heavy atom. The third kappa shape index (κ3) is 1.52. The Balaban J connectivity index is 3.14. The van der Waals surface area contributed by atoms with E-state index in [2.05, 4.69) is 0 Å². The maximum Gasteiger partial charge on any atom is 0.459 e. The van der Waals surface area contributed by atoms with Crippen LogP contribution < -0.4 is 4.57 Å². The van der Waals surface area contributed by atoms with Crippen molar-refractivity contribution in [3.63, 3.8) is 0 Å². The van der Waals surface area contributed by atoms with Crippen LogP contribution in [-0.2, 0) is 13.1 Å². The molecule has 0 fully saturated rings. The molecule has 0 aliphatic carbocycles. The van der Waals surface area contributed by atoms with E-state index in [0.29, 0.717) is 0 Å². The highest BCUT2D eigenvalue weighted by Crippen LogP contribution is 2.28. The molecule has 1 aromatic heterocycles. The average Bonchev–Trinajstić information content (AvgIpc) is 2.33. The summed E-state index contributed by atoms with van der Waals surface area (Å²) < 4.78 is 50.9. The summed E-state index contributed by atoms with van der Waals surface area (Å²) in [5, 5.41) is 0. The van der Waals surface area contributed by atoms with E-state index in [4.69, 9.17) is 0 Å². The SMILES string of the molecule is Cc1n(C(F)(F)C(F)F)cc[n+]1C. The molecule has 6 heteroatoms. The van der Waals surface area contributed by atoms with E-state index in [0.717, 1.165) is 6.20 Å². The van der Waals surface area contributed by atoms with E-state index >= 15 is 0 Å². The van der Waals surface area contributed by atoms with Crippen molar-refractivity contribution in [3.05, 3.63) is 18.2 Å². The molecule has 0 atom stereocenters. The first-order valence-corrected chi connectivity index (χ1v) is 3.57. The van der Waals surface area contributed by atoms with Crippen LogP contribution in [-0.4, -0.2) is 11.0 Å². The molecule has 13 heavy (non-hydrogen) atoms. The van der Waals surface area contributed by atoms with Crippen LogP contribution in [0.2, 0.25) is 0 Å². The fourth-order valence-electron chi connectivity index (χ4n) is 0.973. The highest BCUT2D eigenvalue weighted by molar-refractivity contribution is 4.85. The molecule has 0 spiro atoms. The van der Waals surface area contributed by atoms with Crippen LogP contribution in [0.4, 0.5) is 17.6 Å². The standard InChI is InChI=1S/C7H9F4N2/c1-5-12(2)3-4-13(5)7(10,11)6(8)9/h3-4,6H,1-2H3/q+1. The summed E-state index contributed by atoms with van der Waals surface area (Å²) in [5.74, 6) is 0.0744. The maximum absolute atomic E-state index is 12.8. The molecule has 0 amide bonds. The molecular weight excluding hydrogens is 188 g/mol. The van der Waals surface area contributed by atoms with Gasteiger partial charge < -0.3 is 0 Å². The molecule has 1 aromatic rings. The lowest BCUT2D eigenvalue weighted by atomic mass is 10.5. The topological polar surface area (TPSA) is 8.81 Å². The van der Waals surface area contributed by atoms with Crippen LogP contribution >= 0.6 is 0 Å². The molecule has 0 aliphatic rings. The van der Waals surface area contributed by atoms with Gasteiger partial charge in [-0.15, -0.1) is 0 Å². The lowest BCUT2D eigenvalue weighted by molar-refractivity contribution is -0.678. The van der Waals surface area contributed by atoms with Gasteiger partial charge >= 0.3 is 12.5 Å². The number of hydrogen-bond donors (Lipinski definition) is 0. The van der Waals surface area contributed by atoms with Gasteiger partial charge in [0.2, 0.25) is 0 Å². The normalized spacial score (nSPS) is 12.5. The van der Waals surface area contributed by atoms with E-state index < -0.39 is 12.5 Å². The highest BCUT2D eigenvalue weighted by Gasteiger charge is 2.49. The fraction of sp³-hybridized carbons (Fsp3) is 0.571. The van der Waals surface area contributed by atoms with E-state index in [1.54, 1.807) is 0 Å². The number of hydrogen-bond acceptors (Lipinski definition) is 0. The summed E-state index contributed by atoms with van der Waals surface area (Å²) in [6.07, 6.45) is -1.47. The second-order valence-electron chi connectivity index (χ2n) is 2.71. The van der Waals surface area contributed by atoms with Gasteiger partial charge in [-0.2, -0.15) is 22.1 Å². The molecular formula is C7H9F4N2+. The summed E-state index contributed by atoms with van der Waals surface area (Å²) >= 11 is 0. The van der Waals surface area contributed by atoms with Gasteiger partial charge in [-0.3, -0.25) is 0 Å². The first-order valence-electron chi connectivity index (χ1n) is 3.57. The molecule has 1 rings (SSSR count). The smallest absolute Gasteiger partial charge is 0.237 e. The number of rotatable bonds is 2. The second-order valence-corrected chi connectivity index (χ2v) is 2.71. The van der Waals surface area contributed by atoms with Crippen LogP contribution in [0.5, 0.6) is 0 Å². The summed E-state index contributed by atoms with van der Waals surface area (Å²) in [6, 6.07) is -4.13. The Morgan fingerprint density at radius 3 is 2.31 bits per heavy atom. The number of aryl methyl sites for hydroxylation is 1. The molecule has 0 aliphatic heterocycles. The maximum atomic E-state index is 12.8. The number of nitrogens with zero attached hydrogens (tertiary/aromatic N) is 2. The van der Waals surface area contributed by atoms with Crippen molar-refractivity contribution in [2.24, 2.45) is 7.05 Å². The van der Waals surface area contributed by atoms with Gasteiger partial charge in [0, 0.05) is 6.92 Å². The molecule has 0 unspecified atom stereocenters. The molecule has 1 heterocycles. The zero-order valence-electron chi connectivity index (χ0n) is 7.14. The predicted molar refractivity (Wildman–Crippen MR) is 36.5 cm³/mol. The van der Waals surface area contributed by atoms with Gasteiger partial charge in [0.25, 0.3) is 5.82 Å². The van der Waals surface area contributed by atoms with E-state index in [9.17, 15) is 17.6 Å². The van der Waals surface area contributed by atoms with Crippen molar-refractivity contribution in [2.75, 3.05) is 0 Å². The minimum absolute atomic E-state index is 0.0744. The lowest BCUT2D eigenvalue weighted by Gasteiger charge is -2.11. The Hall–Kier alpha value is -1.07. The van der Waals surface area contributed by atoms with Crippen molar-refractivity contribution in [2.45, 2.75) is 19.4 Å². The second kappa shape index (κ2) is 3.01. The quantitative estimate of drug-likeness (QED) is 0.501. The lowest BCUT2D eigenvalue weighted by Crippen LogP contribution is -2.37. The van der Waals surface area contributed by atoms with Crippen molar-refractivity contribution >= 4 is 0 Å². The van der Waals surface area contributed by atoms with Crippen molar-refractivity contribution in [3.8, 4) is 0 Å². The zero-order valence-corrected chi connectivity index (χ0v) is 7.14. The van der Waals surface area contributed by atoms with Crippen molar-refractivity contribution < 1.29 is 22.1 Å². The van der Waals surface area contributed by atoms with Gasteiger partial charge in [0.1, 0.15) is 12.4 Å². The van der Waals surface area contributed by atoms with E-state index in [-0.39, 0.29) is 10.4 Å². The average molecular weight is 197 g/mol. The van der Waals surface area contributed by atoms with Gasteiger partial charge in [-0.1, -0.05) is 0 Å². The molecule has 0 saturated carbocycles. The highest BCUT2D eigenvalue weighted by atomic mass is 19.3. The molecule has 2 nitrogen and oxygen atoms in total. The molecule has 0 saturated heterocycles. The van der Waals surface area contributed by atoms with Crippen LogP contribution in [0.3, 0.4) is 0 Å². The van der Waals surface area contributed by atoms with E-state index in [1.165, 1.54) is 24.7 Å². The Bertz CT molecular complexity index is 305. The number of imidazole rings is 1. The fourth-order valence-corrected chi connectivity index (χ4v) is 0.973. The summed E-state index contributed by atoms with van der Waals surface area (Å²) in [7, 11) is 1.51. The van der Waals surface area contributed by atoms with Crippen molar-refractivity contribution in [1.29, 1.82) is 0 Å². The largest absolute Gasteiger partial charge is 0.459 e.